The zero-order chi connectivity index (χ0) is 20.1. The molecule has 1 aliphatic heterocycles. The Bertz CT molecular complexity index is 762. The number of ether oxygens (including phenoxy) is 2. The maximum atomic E-state index is 14.5. The molecule has 3 atom stereocenters. The van der Waals surface area contributed by atoms with E-state index >= 15 is 0 Å². The van der Waals surface area contributed by atoms with E-state index in [2.05, 4.69) is 10.3 Å². The van der Waals surface area contributed by atoms with Crippen LogP contribution in [0, 0.1) is 17.7 Å². The number of nitrogens with one attached hydrogen (secondary N) is 1. The van der Waals surface area contributed by atoms with Gasteiger partial charge < -0.3 is 14.8 Å². The van der Waals surface area contributed by atoms with Crippen LogP contribution in [0.25, 0.3) is 0 Å². The molecule has 28 heavy (non-hydrogen) atoms. The average molecular weight is 399 g/mol. The molecule has 0 radical (unpaired) electrons. The van der Waals surface area contributed by atoms with Crippen molar-refractivity contribution in [1.82, 2.24) is 15.2 Å². The van der Waals surface area contributed by atoms with Gasteiger partial charge in [0.05, 0.1) is 13.2 Å². The summed E-state index contributed by atoms with van der Waals surface area (Å²) in [6.45, 7) is 0.953. The normalized spacial score (nSPS) is 30.8. The molecule has 3 fully saturated rings. The Morgan fingerprint density at radius 3 is 2.68 bits per heavy atom. The lowest BCUT2D eigenvalue weighted by molar-refractivity contribution is -0.125. The molecule has 1 N–H and O–H groups in total. The molecule has 6 nitrogen and oxygen atoms in total. The molecular weight excluding hydrogens is 375 g/mol. The minimum Gasteiger partial charge on any atom is -0.481 e. The van der Waals surface area contributed by atoms with Gasteiger partial charge in [-0.3, -0.25) is 9.69 Å². The molecule has 2 aliphatic carbocycles. The van der Waals surface area contributed by atoms with Crippen molar-refractivity contribution >= 4 is 5.91 Å². The predicted molar refractivity (Wildman–Crippen MR) is 93.8 cm³/mol. The number of amides is 1. The van der Waals surface area contributed by atoms with Gasteiger partial charge in [0.25, 0.3) is 11.8 Å². The number of aromatic nitrogens is 1. The van der Waals surface area contributed by atoms with Gasteiger partial charge in [-0.25, -0.2) is 13.2 Å². The number of likely N-dealkylation sites (N-methyl/N-ethyl adjacent to an activating group) is 1. The summed E-state index contributed by atoms with van der Waals surface area (Å²) < 4.78 is 51.8. The summed E-state index contributed by atoms with van der Waals surface area (Å²) in [5, 5.41) is 2.80. The van der Waals surface area contributed by atoms with Crippen molar-refractivity contribution in [3.63, 3.8) is 0 Å². The molecule has 3 unspecified atom stereocenters. The third-order valence-corrected chi connectivity index (χ3v) is 6.13. The van der Waals surface area contributed by atoms with E-state index in [0.717, 1.165) is 19.4 Å². The molecule has 2 heterocycles. The molecule has 1 aromatic rings. The number of pyridine rings is 1. The summed E-state index contributed by atoms with van der Waals surface area (Å²) in [7, 11) is 3.29. The third kappa shape index (κ3) is 3.40. The molecule has 9 heteroatoms. The fourth-order valence-electron chi connectivity index (χ4n) is 4.44. The Morgan fingerprint density at radius 2 is 2.07 bits per heavy atom. The van der Waals surface area contributed by atoms with Crippen molar-refractivity contribution in [2.24, 2.45) is 11.8 Å². The molecule has 0 bridgehead atoms. The zero-order valence-electron chi connectivity index (χ0n) is 15.9. The van der Waals surface area contributed by atoms with Crippen molar-refractivity contribution in [3.8, 4) is 11.8 Å². The van der Waals surface area contributed by atoms with Crippen molar-refractivity contribution in [1.29, 1.82) is 0 Å². The number of hydrogen-bond donors (Lipinski definition) is 1. The molecule has 2 saturated carbocycles. The Morgan fingerprint density at radius 1 is 1.36 bits per heavy atom. The molecule has 3 aliphatic rings. The van der Waals surface area contributed by atoms with Crippen LogP contribution in [0.4, 0.5) is 13.2 Å². The van der Waals surface area contributed by atoms with E-state index in [1.54, 1.807) is 0 Å². The van der Waals surface area contributed by atoms with Crippen LogP contribution in [-0.2, 0) is 11.3 Å². The van der Waals surface area contributed by atoms with E-state index in [-0.39, 0.29) is 43.1 Å². The van der Waals surface area contributed by atoms with Gasteiger partial charge in [0.2, 0.25) is 11.8 Å². The smallest absolute Gasteiger partial charge is 0.254 e. The Kier molecular flexibility index (Phi) is 4.89. The van der Waals surface area contributed by atoms with Crippen molar-refractivity contribution in [2.45, 2.75) is 50.3 Å². The molecule has 1 aromatic heterocycles. The van der Waals surface area contributed by atoms with Crippen LogP contribution in [-0.4, -0.2) is 54.6 Å². The quantitative estimate of drug-likeness (QED) is 0.796. The third-order valence-electron chi connectivity index (χ3n) is 6.13. The van der Waals surface area contributed by atoms with Gasteiger partial charge in [-0.15, -0.1) is 0 Å². The second kappa shape index (κ2) is 7.09. The predicted octanol–water partition coefficient (Wildman–Crippen LogP) is 2.36. The van der Waals surface area contributed by atoms with Crippen LogP contribution in [0.1, 0.15) is 31.2 Å². The van der Waals surface area contributed by atoms with E-state index < -0.39 is 29.7 Å². The molecule has 154 valence electrons. The highest BCUT2D eigenvalue weighted by atomic mass is 19.3. The highest BCUT2D eigenvalue weighted by Crippen LogP contribution is 2.64. The SMILES string of the molecule is COc1nc(OC2CC3C(C2)C3(F)F)c(F)cc1CNC(=O)C1CCCN1C. The highest BCUT2D eigenvalue weighted by Gasteiger charge is 2.72. The number of nitrogens with zero attached hydrogens (tertiary/aromatic N) is 2. The largest absolute Gasteiger partial charge is 0.481 e. The summed E-state index contributed by atoms with van der Waals surface area (Å²) in [5.41, 5.74) is 0.391. The molecular formula is C19H24F3N3O3. The van der Waals surface area contributed by atoms with Crippen molar-refractivity contribution in [3.05, 3.63) is 17.4 Å². The highest BCUT2D eigenvalue weighted by molar-refractivity contribution is 5.82. The number of carbonyl (C=O) groups is 1. The first-order valence-electron chi connectivity index (χ1n) is 9.57. The van der Waals surface area contributed by atoms with Gasteiger partial charge in [0.1, 0.15) is 6.10 Å². The first kappa shape index (κ1) is 19.3. The maximum absolute atomic E-state index is 14.5. The van der Waals surface area contributed by atoms with Crippen molar-refractivity contribution in [2.75, 3.05) is 20.7 Å². The van der Waals surface area contributed by atoms with Gasteiger partial charge in [0, 0.05) is 23.9 Å². The van der Waals surface area contributed by atoms with E-state index in [0.29, 0.717) is 5.56 Å². The minimum atomic E-state index is -2.60. The number of alkyl halides is 2. The number of likely N-dealkylation sites (tertiary alicyclic amines) is 1. The standard InChI is InChI=1S/C19H24F3N3O3/c1-25-5-3-4-15(25)16(26)23-9-10-6-14(20)18(24-17(10)27-2)28-11-7-12-13(8-11)19(12,21)22/h6,11-13,15H,3-5,7-9H2,1-2H3,(H,23,26). The summed E-state index contributed by atoms with van der Waals surface area (Å²) >= 11 is 0. The van der Waals surface area contributed by atoms with E-state index in [9.17, 15) is 18.0 Å². The van der Waals surface area contributed by atoms with Crippen molar-refractivity contribution < 1.29 is 27.4 Å². The number of hydrogen-bond acceptors (Lipinski definition) is 5. The van der Waals surface area contributed by atoms with Gasteiger partial charge in [-0.1, -0.05) is 0 Å². The number of methoxy groups -OCH3 is 1. The van der Waals surface area contributed by atoms with E-state index in [1.165, 1.54) is 13.2 Å². The van der Waals surface area contributed by atoms with Crippen LogP contribution >= 0.6 is 0 Å². The lowest BCUT2D eigenvalue weighted by atomic mass is 10.2. The van der Waals surface area contributed by atoms with Gasteiger partial charge in [0.15, 0.2) is 5.82 Å². The summed E-state index contributed by atoms with van der Waals surface area (Å²) in [6.07, 6.45) is 1.70. The second-order valence-corrected chi connectivity index (χ2v) is 7.90. The lowest BCUT2D eigenvalue weighted by Crippen LogP contribution is -2.41. The molecule has 1 saturated heterocycles. The second-order valence-electron chi connectivity index (χ2n) is 7.90. The van der Waals surface area contributed by atoms with Gasteiger partial charge >= 0.3 is 0 Å². The van der Waals surface area contributed by atoms with Gasteiger partial charge in [-0.2, -0.15) is 4.98 Å². The Balaban J connectivity index is 1.39. The minimum absolute atomic E-state index is 0.0797. The zero-order valence-corrected chi connectivity index (χ0v) is 15.9. The lowest BCUT2D eigenvalue weighted by Gasteiger charge is -2.20. The first-order valence-corrected chi connectivity index (χ1v) is 9.57. The first-order chi connectivity index (χ1) is 13.3. The summed E-state index contributed by atoms with van der Waals surface area (Å²) in [5.74, 6) is -4.85. The Hall–Kier alpha value is -2.03. The molecule has 0 spiro atoms. The van der Waals surface area contributed by atoms with E-state index in [1.807, 2.05) is 11.9 Å². The summed E-state index contributed by atoms with van der Waals surface area (Å²) in [4.78, 5) is 18.3. The number of rotatable bonds is 6. The monoisotopic (exact) mass is 399 g/mol. The number of fused-ring (bicyclic) bond motifs is 1. The maximum Gasteiger partial charge on any atom is 0.254 e. The average Bonchev–Trinajstić information content (AvgIpc) is 3.08. The Labute approximate surface area is 161 Å². The van der Waals surface area contributed by atoms with Gasteiger partial charge in [-0.05, 0) is 45.3 Å². The number of halogens is 3. The molecule has 1 amide bonds. The summed E-state index contributed by atoms with van der Waals surface area (Å²) in [6, 6.07) is 1.03. The van der Waals surface area contributed by atoms with Crippen LogP contribution in [0.3, 0.4) is 0 Å². The fourth-order valence-corrected chi connectivity index (χ4v) is 4.44. The van der Waals surface area contributed by atoms with Crippen LogP contribution in [0.5, 0.6) is 11.8 Å². The van der Waals surface area contributed by atoms with Crippen LogP contribution in [0.15, 0.2) is 6.07 Å². The van der Waals surface area contributed by atoms with E-state index in [4.69, 9.17) is 9.47 Å². The van der Waals surface area contributed by atoms with Crippen LogP contribution < -0.4 is 14.8 Å². The van der Waals surface area contributed by atoms with Crippen LogP contribution in [0.2, 0.25) is 0 Å². The number of carbonyl (C=O) groups excluding carboxylic acids is 1. The topological polar surface area (TPSA) is 63.7 Å². The molecule has 0 aromatic carbocycles. The fraction of sp³-hybridized carbons (Fsp3) is 0.684. The molecule has 4 rings (SSSR count).